The summed E-state index contributed by atoms with van der Waals surface area (Å²) in [4.78, 5) is 12.3. The van der Waals surface area contributed by atoms with E-state index in [1.54, 1.807) is 12.1 Å². The fraction of sp³-hybridized carbons (Fsp3) is 0.471. The lowest BCUT2D eigenvalue weighted by molar-refractivity contribution is -0.116. The van der Waals surface area contributed by atoms with E-state index >= 15 is 0 Å². The molecule has 0 aromatic heterocycles. The number of rotatable bonds is 6. The van der Waals surface area contributed by atoms with Gasteiger partial charge >= 0.3 is 0 Å². The zero-order valence-electron chi connectivity index (χ0n) is 12.0. The van der Waals surface area contributed by atoms with Gasteiger partial charge in [-0.1, -0.05) is 25.1 Å². The standard InChI is InChI=1S/C17H22FNO/c1-2-19-16(13-8-10-15(18)11-9-13)12-17(20)14-6-4-3-5-7-14/h6,8-11,16,19H,2-5,7,12H2,1H3/t16-/m1/s1. The summed E-state index contributed by atoms with van der Waals surface area (Å²) in [5, 5.41) is 3.32. The molecule has 1 N–H and O–H groups in total. The van der Waals surface area contributed by atoms with Crippen LogP contribution in [0.4, 0.5) is 4.39 Å². The Kier molecular flexibility index (Phi) is 5.48. The molecule has 1 aromatic carbocycles. The molecule has 2 nitrogen and oxygen atoms in total. The number of nitrogens with one attached hydrogen (secondary N) is 1. The van der Waals surface area contributed by atoms with Gasteiger partial charge in [0.2, 0.25) is 0 Å². The Morgan fingerprint density at radius 3 is 2.65 bits per heavy atom. The van der Waals surface area contributed by atoms with Crippen molar-refractivity contribution in [2.45, 2.75) is 45.1 Å². The van der Waals surface area contributed by atoms with E-state index in [-0.39, 0.29) is 17.6 Å². The highest BCUT2D eigenvalue weighted by atomic mass is 19.1. The van der Waals surface area contributed by atoms with E-state index in [0.717, 1.165) is 36.9 Å². The molecule has 1 atom stereocenters. The third-order valence-electron chi connectivity index (χ3n) is 3.76. The Hall–Kier alpha value is -1.48. The van der Waals surface area contributed by atoms with E-state index in [2.05, 4.69) is 11.4 Å². The SMILES string of the molecule is CCN[C@H](CC(=O)C1=CCCCC1)c1ccc(F)cc1. The Labute approximate surface area is 120 Å². The minimum absolute atomic E-state index is 0.0315. The predicted molar refractivity (Wildman–Crippen MR) is 79.0 cm³/mol. The Morgan fingerprint density at radius 1 is 1.30 bits per heavy atom. The Bertz CT molecular complexity index is 478. The number of Topliss-reactive ketones (excluding diaryl/α,β-unsaturated/α-hetero) is 1. The van der Waals surface area contributed by atoms with Crippen molar-refractivity contribution in [1.29, 1.82) is 0 Å². The van der Waals surface area contributed by atoms with Crippen LogP contribution in [-0.4, -0.2) is 12.3 Å². The molecule has 0 unspecified atom stereocenters. The molecular weight excluding hydrogens is 253 g/mol. The molecule has 0 heterocycles. The largest absolute Gasteiger partial charge is 0.310 e. The summed E-state index contributed by atoms with van der Waals surface area (Å²) in [6.45, 7) is 2.80. The minimum Gasteiger partial charge on any atom is -0.310 e. The Morgan fingerprint density at radius 2 is 2.05 bits per heavy atom. The highest BCUT2D eigenvalue weighted by molar-refractivity contribution is 5.95. The van der Waals surface area contributed by atoms with Crippen molar-refractivity contribution in [1.82, 2.24) is 5.32 Å². The lowest BCUT2D eigenvalue weighted by Crippen LogP contribution is -2.24. The molecule has 2 rings (SSSR count). The second-order valence-corrected chi connectivity index (χ2v) is 5.26. The summed E-state index contributed by atoms with van der Waals surface area (Å²) in [7, 11) is 0. The van der Waals surface area contributed by atoms with Crippen molar-refractivity contribution in [3.63, 3.8) is 0 Å². The molecule has 0 aliphatic heterocycles. The molecule has 0 bridgehead atoms. The van der Waals surface area contributed by atoms with Gasteiger partial charge in [-0.3, -0.25) is 4.79 Å². The van der Waals surface area contributed by atoms with Crippen LogP contribution in [0.5, 0.6) is 0 Å². The van der Waals surface area contributed by atoms with Gasteiger partial charge in [-0.15, -0.1) is 0 Å². The monoisotopic (exact) mass is 275 g/mol. The number of ketones is 1. The van der Waals surface area contributed by atoms with Crippen LogP contribution in [0.2, 0.25) is 0 Å². The quantitative estimate of drug-likeness (QED) is 0.852. The van der Waals surface area contributed by atoms with Crippen LogP contribution in [0.15, 0.2) is 35.9 Å². The maximum absolute atomic E-state index is 13.0. The maximum atomic E-state index is 13.0. The van der Waals surface area contributed by atoms with Crippen LogP contribution in [0.1, 0.15) is 50.6 Å². The van der Waals surface area contributed by atoms with Crippen molar-refractivity contribution >= 4 is 5.78 Å². The van der Waals surface area contributed by atoms with Crippen LogP contribution in [0.3, 0.4) is 0 Å². The van der Waals surface area contributed by atoms with Crippen molar-refractivity contribution < 1.29 is 9.18 Å². The van der Waals surface area contributed by atoms with Gasteiger partial charge in [0, 0.05) is 12.5 Å². The molecule has 0 amide bonds. The van der Waals surface area contributed by atoms with E-state index in [9.17, 15) is 9.18 Å². The molecule has 20 heavy (non-hydrogen) atoms. The summed E-state index contributed by atoms with van der Waals surface area (Å²) >= 11 is 0. The third kappa shape index (κ3) is 4.01. The average Bonchev–Trinajstić information content (AvgIpc) is 2.48. The highest BCUT2D eigenvalue weighted by Gasteiger charge is 2.19. The zero-order valence-corrected chi connectivity index (χ0v) is 12.0. The summed E-state index contributed by atoms with van der Waals surface area (Å²) in [5.74, 6) is -0.0229. The first-order chi connectivity index (χ1) is 9.70. The molecule has 0 saturated carbocycles. The molecular formula is C17H22FNO. The second-order valence-electron chi connectivity index (χ2n) is 5.26. The molecule has 0 radical (unpaired) electrons. The predicted octanol–water partition coefficient (Wildman–Crippen LogP) is 3.94. The highest BCUT2D eigenvalue weighted by Crippen LogP contribution is 2.24. The van der Waals surface area contributed by atoms with Crippen molar-refractivity contribution in [2.24, 2.45) is 0 Å². The fourth-order valence-electron chi connectivity index (χ4n) is 2.66. The lowest BCUT2D eigenvalue weighted by Gasteiger charge is -2.19. The van der Waals surface area contributed by atoms with Crippen molar-refractivity contribution in [2.75, 3.05) is 6.54 Å². The maximum Gasteiger partial charge on any atom is 0.160 e. The summed E-state index contributed by atoms with van der Waals surface area (Å²) < 4.78 is 13.0. The van der Waals surface area contributed by atoms with Gasteiger partial charge < -0.3 is 5.32 Å². The van der Waals surface area contributed by atoms with E-state index in [1.165, 1.54) is 18.6 Å². The molecule has 3 heteroatoms. The van der Waals surface area contributed by atoms with Gasteiger partial charge in [0.05, 0.1) is 0 Å². The van der Waals surface area contributed by atoms with Crippen LogP contribution in [-0.2, 0) is 4.79 Å². The summed E-state index contributed by atoms with van der Waals surface area (Å²) in [6.07, 6.45) is 6.75. The van der Waals surface area contributed by atoms with E-state index in [0.29, 0.717) is 6.42 Å². The normalized spacial score (nSPS) is 16.6. The molecule has 1 aliphatic rings. The lowest BCUT2D eigenvalue weighted by atomic mass is 9.91. The molecule has 108 valence electrons. The second kappa shape index (κ2) is 7.34. The topological polar surface area (TPSA) is 29.1 Å². The van der Waals surface area contributed by atoms with Crippen LogP contribution < -0.4 is 5.32 Å². The van der Waals surface area contributed by atoms with Crippen molar-refractivity contribution in [3.8, 4) is 0 Å². The van der Waals surface area contributed by atoms with Gasteiger partial charge in [0.1, 0.15) is 5.82 Å². The number of carbonyl (C=O) groups is 1. The first-order valence-corrected chi connectivity index (χ1v) is 7.41. The zero-order chi connectivity index (χ0) is 14.4. The molecule has 1 aliphatic carbocycles. The minimum atomic E-state index is -0.245. The molecule has 0 fully saturated rings. The van der Waals surface area contributed by atoms with Crippen molar-refractivity contribution in [3.05, 3.63) is 47.3 Å². The number of allylic oxidation sites excluding steroid dienone is 2. The number of halogens is 1. The fourth-order valence-corrected chi connectivity index (χ4v) is 2.66. The van der Waals surface area contributed by atoms with Gasteiger partial charge in [0.15, 0.2) is 5.78 Å². The first kappa shape index (κ1) is 14.9. The van der Waals surface area contributed by atoms with Gasteiger partial charge in [-0.05, 0) is 55.5 Å². The van der Waals surface area contributed by atoms with E-state index in [4.69, 9.17) is 0 Å². The summed E-state index contributed by atoms with van der Waals surface area (Å²) in [6, 6.07) is 6.38. The first-order valence-electron chi connectivity index (χ1n) is 7.41. The number of hydrogen-bond donors (Lipinski definition) is 1. The van der Waals surface area contributed by atoms with Crippen LogP contribution in [0.25, 0.3) is 0 Å². The van der Waals surface area contributed by atoms with Gasteiger partial charge in [0.25, 0.3) is 0 Å². The molecule has 1 aromatic rings. The number of carbonyl (C=O) groups excluding carboxylic acids is 1. The summed E-state index contributed by atoms with van der Waals surface area (Å²) in [5.41, 5.74) is 1.94. The molecule has 0 saturated heterocycles. The van der Waals surface area contributed by atoms with E-state index in [1.807, 2.05) is 6.92 Å². The van der Waals surface area contributed by atoms with Crippen LogP contribution >= 0.6 is 0 Å². The van der Waals surface area contributed by atoms with E-state index < -0.39 is 0 Å². The number of hydrogen-bond acceptors (Lipinski definition) is 2. The van der Waals surface area contributed by atoms with Gasteiger partial charge in [-0.2, -0.15) is 0 Å². The molecule has 0 spiro atoms. The smallest absolute Gasteiger partial charge is 0.160 e. The third-order valence-corrected chi connectivity index (χ3v) is 3.76. The van der Waals surface area contributed by atoms with Crippen LogP contribution in [0, 0.1) is 5.82 Å². The average molecular weight is 275 g/mol. The number of benzene rings is 1. The Balaban J connectivity index is 2.06. The van der Waals surface area contributed by atoms with Gasteiger partial charge in [-0.25, -0.2) is 4.39 Å².